The quantitative estimate of drug-likeness (QED) is 0.780. The van der Waals surface area contributed by atoms with Gasteiger partial charge in [0.25, 0.3) is 5.91 Å². The van der Waals surface area contributed by atoms with Crippen molar-refractivity contribution in [1.82, 2.24) is 0 Å². The van der Waals surface area contributed by atoms with E-state index >= 15 is 0 Å². The lowest BCUT2D eigenvalue weighted by Gasteiger charge is -2.15. The molecule has 1 amide bonds. The van der Waals surface area contributed by atoms with Crippen molar-refractivity contribution in [1.29, 1.82) is 0 Å². The molecule has 7 heteroatoms. The Bertz CT molecular complexity index is 665. The first-order valence-corrected chi connectivity index (χ1v) is 9.49. The molecule has 1 N–H and O–H groups in total. The highest BCUT2D eigenvalue weighted by molar-refractivity contribution is 7.17. The Morgan fingerprint density at radius 2 is 1.84 bits per heavy atom. The van der Waals surface area contributed by atoms with Crippen molar-refractivity contribution in [3.05, 3.63) is 16.0 Å². The van der Waals surface area contributed by atoms with Crippen molar-refractivity contribution in [2.24, 2.45) is 5.92 Å². The Balaban J connectivity index is 2.20. The molecule has 2 rings (SSSR count). The summed E-state index contributed by atoms with van der Waals surface area (Å²) in [4.78, 5) is 37.5. The zero-order chi connectivity index (χ0) is 18.6. The molecule has 0 saturated carbocycles. The number of ether oxygens (including phenoxy) is 2. The summed E-state index contributed by atoms with van der Waals surface area (Å²) in [5, 5.41) is 3.24. The van der Waals surface area contributed by atoms with E-state index in [2.05, 4.69) is 5.32 Å². The van der Waals surface area contributed by atoms with Crippen LogP contribution in [-0.2, 0) is 31.9 Å². The highest BCUT2D eigenvalue weighted by Gasteiger charge is 2.29. The minimum atomic E-state index is -0.927. The van der Waals surface area contributed by atoms with Crippen molar-refractivity contribution in [3.8, 4) is 0 Å². The molecule has 1 aliphatic carbocycles. The molecule has 0 spiro atoms. The molecule has 0 aromatic carbocycles. The highest BCUT2D eigenvalue weighted by atomic mass is 32.1. The topological polar surface area (TPSA) is 81.7 Å². The minimum absolute atomic E-state index is 0.277. The first-order chi connectivity index (χ1) is 11.8. The molecule has 1 atom stereocenters. The Labute approximate surface area is 151 Å². The van der Waals surface area contributed by atoms with Crippen LogP contribution in [0.25, 0.3) is 0 Å². The number of esters is 2. The van der Waals surface area contributed by atoms with Crippen LogP contribution in [0.3, 0.4) is 0 Å². The average molecular weight is 367 g/mol. The van der Waals surface area contributed by atoms with Gasteiger partial charge >= 0.3 is 11.9 Å². The van der Waals surface area contributed by atoms with Gasteiger partial charge in [0.1, 0.15) is 5.00 Å². The Hall–Kier alpha value is -1.89. The van der Waals surface area contributed by atoms with Crippen LogP contribution in [0.1, 0.15) is 61.3 Å². The number of carbonyl (C=O) groups excluding carboxylic acids is 3. The number of hydrogen-bond donors (Lipinski definition) is 1. The number of rotatable bonds is 6. The zero-order valence-electron chi connectivity index (χ0n) is 15.1. The Kier molecular flexibility index (Phi) is 6.58. The van der Waals surface area contributed by atoms with Gasteiger partial charge in [-0.3, -0.25) is 9.59 Å². The summed E-state index contributed by atoms with van der Waals surface area (Å²) in [5.74, 6) is -1.60. The van der Waals surface area contributed by atoms with Crippen LogP contribution in [0, 0.1) is 5.92 Å². The molecule has 0 fully saturated rings. The van der Waals surface area contributed by atoms with Crippen LogP contribution in [0.4, 0.5) is 5.00 Å². The van der Waals surface area contributed by atoms with Gasteiger partial charge in [-0.1, -0.05) is 13.8 Å². The van der Waals surface area contributed by atoms with Crippen molar-refractivity contribution in [2.75, 3.05) is 11.9 Å². The van der Waals surface area contributed by atoms with Gasteiger partial charge in [-0.25, -0.2) is 4.79 Å². The van der Waals surface area contributed by atoms with Gasteiger partial charge in [0, 0.05) is 4.88 Å². The number of hydrogen-bond acceptors (Lipinski definition) is 6. The van der Waals surface area contributed by atoms with Crippen molar-refractivity contribution < 1.29 is 23.9 Å². The van der Waals surface area contributed by atoms with E-state index in [1.54, 1.807) is 20.8 Å². The molecule has 0 radical (unpaired) electrons. The molecule has 1 heterocycles. The van der Waals surface area contributed by atoms with Crippen molar-refractivity contribution >= 4 is 34.2 Å². The molecule has 25 heavy (non-hydrogen) atoms. The van der Waals surface area contributed by atoms with Gasteiger partial charge < -0.3 is 14.8 Å². The van der Waals surface area contributed by atoms with Gasteiger partial charge in [0.05, 0.1) is 18.1 Å². The fourth-order valence-electron chi connectivity index (χ4n) is 2.65. The standard InChI is InChI=1S/C18H25NO5S/c1-5-23-18(22)14-12-8-6-7-9-13(12)25-16(14)19-15(20)11(4)24-17(21)10(2)3/h10-11H,5-9H2,1-4H3,(H,19,20)/t11-/m0/s1. The summed E-state index contributed by atoms with van der Waals surface area (Å²) in [7, 11) is 0. The van der Waals surface area contributed by atoms with E-state index in [-0.39, 0.29) is 12.5 Å². The fourth-order valence-corrected chi connectivity index (χ4v) is 3.93. The largest absolute Gasteiger partial charge is 0.462 e. The predicted octanol–water partition coefficient (Wildman–Crippen LogP) is 3.33. The van der Waals surface area contributed by atoms with Crippen LogP contribution in [0.5, 0.6) is 0 Å². The number of fused-ring (bicyclic) bond motifs is 1. The number of carbonyl (C=O) groups is 3. The normalized spacial score (nSPS) is 14.6. The third kappa shape index (κ3) is 4.60. The lowest BCUT2D eigenvalue weighted by atomic mass is 9.95. The smallest absolute Gasteiger partial charge is 0.341 e. The van der Waals surface area contributed by atoms with Crippen molar-refractivity contribution in [2.45, 2.75) is 59.5 Å². The van der Waals surface area contributed by atoms with E-state index < -0.39 is 23.9 Å². The number of nitrogens with one attached hydrogen (secondary N) is 1. The number of anilines is 1. The summed E-state index contributed by atoms with van der Waals surface area (Å²) >= 11 is 1.41. The van der Waals surface area contributed by atoms with E-state index in [4.69, 9.17) is 9.47 Å². The van der Waals surface area contributed by atoms with E-state index in [9.17, 15) is 14.4 Å². The number of amides is 1. The first kappa shape index (κ1) is 19.4. The van der Waals surface area contributed by atoms with E-state index in [0.717, 1.165) is 36.1 Å². The maximum Gasteiger partial charge on any atom is 0.341 e. The third-order valence-corrected chi connectivity index (χ3v) is 5.23. The van der Waals surface area contributed by atoms with Crippen LogP contribution in [-0.4, -0.2) is 30.6 Å². The number of thiophene rings is 1. The van der Waals surface area contributed by atoms with Crippen LogP contribution < -0.4 is 5.32 Å². The second kappa shape index (κ2) is 8.47. The second-order valence-electron chi connectivity index (χ2n) is 6.36. The van der Waals surface area contributed by atoms with E-state index in [1.165, 1.54) is 18.3 Å². The Morgan fingerprint density at radius 1 is 1.16 bits per heavy atom. The molecular formula is C18H25NO5S. The molecule has 1 aromatic rings. The lowest BCUT2D eigenvalue weighted by Crippen LogP contribution is -2.31. The molecule has 138 valence electrons. The molecule has 0 bridgehead atoms. The van der Waals surface area contributed by atoms with Gasteiger partial charge in [-0.15, -0.1) is 11.3 Å². The molecule has 0 saturated heterocycles. The van der Waals surface area contributed by atoms with Gasteiger partial charge in [0.2, 0.25) is 0 Å². The van der Waals surface area contributed by atoms with E-state index in [0.29, 0.717) is 10.6 Å². The predicted molar refractivity (Wildman–Crippen MR) is 95.9 cm³/mol. The summed E-state index contributed by atoms with van der Waals surface area (Å²) in [6.45, 7) is 6.97. The average Bonchev–Trinajstić information content (AvgIpc) is 2.92. The fraction of sp³-hybridized carbons (Fsp3) is 0.611. The molecule has 0 unspecified atom stereocenters. The maximum absolute atomic E-state index is 12.4. The summed E-state index contributed by atoms with van der Waals surface area (Å²) in [6.07, 6.45) is 2.88. The monoisotopic (exact) mass is 367 g/mol. The summed E-state index contributed by atoms with van der Waals surface area (Å²) < 4.78 is 10.3. The van der Waals surface area contributed by atoms with Gasteiger partial charge in [-0.2, -0.15) is 0 Å². The van der Waals surface area contributed by atoms with E-state index in [1.807, 2.05) is 0 Å². The van der Waals surface area contributed by atoms with Crippen LogP contribution in [0.15, 0.2) is 0 Å². The van der Waals surface area contributed by atoms with Crippen LogP contribution >= 0.6 is 11.3 Å². The summed E-state index contributed by atoms with van der Waals surface area (Å²) in [6, 6.07) is 0. The lowest BCUT2D eigenvalue weighted by molar-refractivity contribution is -0.156. The maximum atomic E-state index is 12.4. The minimum Gasteiger partial charge on any atom is -0.462 e. The number of aryl methyl sites for hydroxylation is 1. The van der Waals surface area contributed by atoms with Gasteiger partial charge in [0.15, 0.2) is 6.10 Å². The molecule has 0 aliphatic heterocycles. The molecule has 1 aromatic heterocycles. The zero-order valence-corrected chi connectivity index (χ0v) is 16.0. The highest BCUT2D eigenvalue weighted by Crippen LogP contribution is 2.38. The second-order valence-corrected chi connectivity index (χ2v) is 7.46. The van der Waals surface area contributed by atoms with Crippen molar-refractivity contribution in [3.63, 3.8) is 0 Å². The van der Waals surface area contributed by atoms with Crippen LogP contribution in [0.2, 0.25) is 0 Å². The molecule has 6 nitrogen and oxygen atoms in total. The summed E-state index contributed by atoms with van der Waals surface area (Å²) in [5.41, 5.74) is 1.44. The SMILES string of the molecule is CCOC(=O)c1c(NC(=O)[C@H](C)OC(=O)C(C)C)sc2c1CCCC2. The Morgan fingerprint density at radius 3 is 2.48 bits per heavy atom. The molecule has 1 aliphatic rings. The third-order valence-electron chi connectivity index (χ3n) is 4.02. The molecular weight excluding hydrogens is 342 g/mol. The van der Waals surface area contributed by atoms with Gasteiger partial charge in [-0.05, 0) is 45.1 Å². The first-order valence-electron chi connectivity index (χ1n) is 8.68.